The third-order valence-corrected chi connectivity index (χ3v) is 11.2. The van der Waals surface area contributed by atoms with Crippen LogP contribution in [0, 0.1) is 0 Å². The topological polar surface area (TPSA) is 120 Å². The van der Waals surface area contributed by atoms with Crippen LogP contribution in [0.4, 0.5) is 0 Å². The highest BCUT2D eigenvalue weighted by atomic mass is 32.2. The lowest BCUT2D eigenvalue weighted by molar-refractivity contribution is -0.245. The van der Waals surface area contributed by atoms with Crippen LogP contribution in [0.25, 0.3) is 44.7 Å². The normalized spacial score (nSPS) is 16.5. The van der Waals surface area contributed by atoms with Crippen LogP contribution in [0.1, 0.15) is 51.6 Å². The predicted octanol–water partition coefficient (Wildman–Crippen LogP) is 10.4. The Hall–Kier alpha value is -6.43. The quantitative estimate of drug-likeness (QED) is 0.116. The summed E-state index contributed by atoms with van der Waals surface area (Å²) in [6, 6.07) is 51.8. The van der Waals surface area contributed by atoms with Gasteiger partial charge in [0.15, 0.2) is 12.1 Å². The lowest BCUT2D eigenvalue weighted by Crippen LogP contribution is -2.31. The fourth-order valence-corrected chi connectivity index (χ4v) is 8.03. The van der Waals surface area contributed by atoms with Crippen molar-refractivity contribution in [2.24, 2.45) is 0 Å². The highest BCUT2D eigenvalue weighted by Gasteiger charge is 2.33. The number of para-hydroxylation sites is 2. The van der Waals surface area contributed by atoms with Crippen LogP contribution < -0.4 is 5.32 Å². The van der Waals surface area contributed by atoms with Crippen molar-refractivity contribution in [1.29, 1.82) is 0 Å². The Labute approximate surface area is 346 Å². The average Bonchev–Trinajstić information content (AvgIpc) is 3.75. The van der Waals surface area contributed by atoms with E-state index in [1.54, 1.807) is 0 Å². The molecule has 6 aromatic carbocycles. The summed E-state index contributed by atoms with van der Waals surface area (Å²) < 4.78 is 19.9. The maximum absolute atomic E-state index is 13.0. The van der Waals surface area contributed by atoms with Crippen LogP contribution in [0.15, 0.2) is 174 Å². The fraction of sp³-hybridized carbons (Fsp3) is 0.143. The maximum atomic E-state index is 13.0. The minimum absolute atomic E-state index is 0.0254. The Bertz CT molecular complexity index is 2630. The molecule has 1 fully saturated rings. The highest BCUT2D eigenvalue weighted by molar-refractivity contribution is 7.99. The number of nitrogens with zero attached hydrogens (tertiary/aromatic N) is 3. The van der Waals surface area contributed by atoms with Gasteiger partial charge in [0, 0.05) is 35.4 Å². The third kappa shape index (κ3) is 8.86. The zero-order valence-corrected chi connectivity index (χ0v) is 32.8. The molecule has 1 aliphatic heterocycles. The molecule has 0 bridgehead atoms. The van der Waals surface area contributed by atoms with Crippen molar-refractivity contribution >= 4 is 28.7 Å². The number of carbonyl (C=O) groups excluding carboxylic acids is 1. The van der Waals surface area contributed by atoms with Gasteiger partial charge in [-0.3, -0.25) is 9.78 Å². The summed E-state index contributed by atoms with van der Waals surface area (Å²) in [4.78, 5) is 26.9. The van der Waals surface area contributed by atoms with Crippen LogP contribution in [0.3, 0.4) is 0 Å². The Balaban J connectivity index is 0.936. The molecule has 3 heterocycles. The number of thioether (sulfide) groups is 1. The summed E-state index contributed by atoms with van der Waals surface area (Å²) in [6.45, 7) is 0.304. The van der Waals surface area contributed by atoms with E-state index in [1.165, 1.54) is 18.0 Å². The standard InChI is InChI=1S/C49H40N4O5S/c54-30-32-21-23-34(24-22-32)44-27-40(31-59-49-53-45(35-12-3-1-4-13-35)46(58-49)36-14-5-2-6-15-36)56-48(57-44)39-18-10-17-38(26-39)37-16-9-11-33(25-37)28-51-47(55)43-29-50-41-19-7-8-20-42(41)52-43/h1-26,29,40,44,48,54H,27-28,30-31H2,(H,51,55)/t40-,44+,48+/m1/s1. The van der Waals surface area contributed by atoms with Gasteiger partial charge in [-0.2, -0.15) is 0 Å². The van der Waals surface area contributed by atoms with E-state index in [0.717, 1.165) is 61.5 Å². The number of nitrogens with one attached hydrogen (secondary N) is 1. The largest absolute Gasteiger partial charge is 0.431 e. The van der Waals surface area contributed by atoms with Crippen molar-refractivity contribution in [1.82, 2.24) is 20.3 Å². The monoisotopic (exact) mass is 796 g/mol. The first-order valence-corrected chi connectivity index (χ1v) is 20.5. The number of aliphatic hydroxyl groups excluding tert-OH is 1. The van der Waals surface area contributed by atoms with Crippen molar-refractivity contribution in [3.63, 3.8) is 0 Å². The summed E-state index contributed by atoms with van der Waals surface area (Å²) in [5, 5.41) is 13.3. The maximum Gasteiger partial charge on any atom is 0.271 e. The van der Waals surface area contributed by atoms with E-state index in [-0.39, 0.29) is 30.4 Å². The Morgan fingerprint density at radius 2 is 1.37 bits per heavy atom. The molecule has 0 unspecified atom stereocenters. The molecule has 0 radical (unpaired) electrons. The van der Waals surface area contributed by atoms with E-state index >= 15 is 0 Å². The minimum Gasteiger partial charge on any atom is -0.431 e. The molecule has 1 saturated heterocycles. The highest BCUT2D eigenvalue weighted by Crippen LogP contribution is 2.41. The van der Waals surface area contributed by atoms with Gasteiger partial charge in [-0.05, 0) is 52.1 Å². The molecule has 9 rings (SSSR count). The molecule has 0 aliphatic carbocycles. The zero-order valence-electron chi connectivity index (χ0n) is 32.0. The van der Waals surface area contributed by atoms with Crippen LogP contribution >= 0.6 is 11.8 Å². The van der Waals surface area contributed by atoms with Gasteiger partial charge < -0.3 is 24.3 Å². The predicted molar refractivity (Wildman–Crippen MR) is 229 cm³/mol. The van der Waals surface area contributed by atoms with Crippen LogP contribution in [0.5, 0.6) is 0 Å². The van der Waals surface area contributed by atoms with E-state index in [1.807, 2.05) is 133 Å². The van der Waals surface area contributed by atoms with Crippen LogP contribution in [-0.2, 0) is 22.6 Å². The van der Waals surface area contributed by atoms with Gasteiger partial charge in [0.2, 0.25) is 0 Å². The summed E-state index contributed by atoms with van der Waals surface area (Å²) >= 11 is 1.53. The lowest BCUT2D eigenvalue weighted by atomic mass is 9.99. The molecule has 3 atom stereocenters. The molecule has 8 aromatic rings. The van der Waals surface area contributed by atoms with E-state index in [0.29, 0.717) is 29.5 Å². The van der Waals surface area contributed by atoms with Crippen LogP contribution in [-0.4, -0.2) is 37.8 Å². The van der Waals surface area contributed by atoms with Gasteiger partial charge in [-0.15, -0.1) is 0 Å². The summed E-state index contributed by atoms with van der Waals surface area (Å²) in [5.41, 5.74) is 10.1. The number of hydrogen-bond donors (Lipinski definition) is 2. The Morgan fingerprint density at radius 3 is 2.15 bits per heavy atom. The number of benzene rings is 6. The molecule has 0 spiro atoms. The van der Waals surface area contributed by atoms with Crippen molar-refractivity contribution in [3.05, 3.63) is 192 Å². The van der Waals surface area contributed by atoms with E-state index in [2.05, 4.69) is 39.6 Å². The van der Waals surface area contributed by atoms with Gasteiger partial charge in [0.1, 0.15) is 11.4 Å². The second-order valence-corrected chi connectivity index (χ2v) is 15.3. The average molecular weight is 797 g/mol. The second-order valence-electron chi connectivity index (χ2n) is 14.3. The van der Waals surface area contributed by atoms with Crippen LogP contribution in [0.2, 0.25) is 0 Å². The number of fused-ring (bicyclic) bond motifs is 1. The number of rotatable bonds is 12. The molecular formula is C49H40N4O5S. The Kier molecular flexibility index (Phi) is 11.4. The molecule has 2 aromatic heterocycles. The first-order valence-electron chi connectivity index (χ1n) is 19.5. The van der Waals surface area contributed by atoms with E-state index in [4.69, 9.17) is 18.9 Å². The molecule has 2 N–H and O–H groups in total. The SMILES string of the molecule is O=C(NCc1cccc(-c2cccc([C@H]3O[C@@H](CSc4nc(-c5ccccc5)c(-c5ccccc5)o4)C[C@@H](c4ccc(CO)cc4)O3)c2)c1)c1cnc2ccccc2n1. The van der Waals surface area contributed by atoms with Crippen molar-refractivity contribution in [3.8, 4) is 33.7 Å². The molecule has 0 saturated carbocycles. The molecule has 1 aliphatic rings. The minimum atomic E-state index is -0.647. The lowest BCUT2D eigenvalue weighted by Gasteiger charge is -2.36. The van der Waals surface area contributed by atoms with Gasteiger partial charge in [-0.25, -0.2) is 9.97 Å². The van der Waals surface area contributed by atoms with Crippen molar-refractivity contribution < 1.29 is 23.8 Å². The molecule has 10 heteroatoms. The number of aromatic nitrogens is 3. The number of aliphatic hydroxyl groups is 1. The number of hydrogen-bond acceptors (Lipinski definition) is 9. The molecular weight excluding hydrogens is 757 g/mol. The molecule has 292 valence electrons. The van der Waals surface area contributed by atoms with E-state index < -0.39 is 6.29 Å². The Morgan fingerprint density at radius 1 is 0.678 bits per heavy atom. The number of carbonyl (C=O) groups is 1. The van der Waals surface area contributed by atoms with Gasteiger partial charge in [-0.1, -0.05) is 145 Å². The fourth-order valence-electron chi connectivity index (χ4n) is 7.19. The van der Waals surface area contributed by atoms with Gasteiger partial charge in [0.25, 0.3) is 11.1 Å². The summed E-state index contributed by atoms with van der Waals surface area (Å²) in [5.74, 6) is 1.03. The first-order chi connectivity index (χ1) is 29.1. The molecule has 9 nitrogen and oxygen atoms in total. The number of ether oxygens (including phenoxy) is 2. The smallest absolute Gasteiger partial charge is 0.271 e. The van der Waals surface area contributed by atoms with E-state index in [9.17, 15) is 9.90 Å². The number of amides is 1. The molecule has 59 heavy (non-hydrogen) atoms. The summed E-state index contributed by atoms with van der Waals surface area (Å²) in [7, 11) is 0. The van der Waals surface area contributed by atoms with Gasteiger partial charge >= 0.3 is 0 Å². The van der Waals surface area contributed by atoms with Crippen molar-refractivity contribution in [2.75, 3.05) is 5.75 Å². The number of oxazole rings is 1. The van der Waals surface area contributed by atoms with Crippen molar-refractivity contribution in [2.45, 2.75) is 43.3 Å². The summed E-state index contributed by atoms with van der Waals surface area (Å²) in [6.07, 6.45) is 1.03. The second kappa shape index (κ2) is 17.6. The van der Waals surface area contributed by atoms with Gasteiger partial charge in [0.05, 0.1) is 36.0 Å². The zero-order chi connectivity index (χ0) is 40.0. The molecule has 1 amide bonds. The third-order valence-electron chi connectivity index (χ3n) is 10.3. The first kappa shape index (κ1) is 38.1.